The van der Waals surface area contributed by atoms with Crippen molar-refractivity contribution in [2.45, 2.75) is 31.8 Å². The zero-order valence-corrected chi connectivity index (χ0v) is 6.30. The fourth-order valence-corrected chi connectivity index (χ4v) is 4.31. The van der Waals surface area contributed by atoms with E-state index in [-0.39, 0.29) is 11.4 Å². The first kappa shape index (κ1) is 5.18. The molecule has 11 heavy (non-hydrogen) atoms. The second-order valence-electron chi connectivity index (χ2n) is 4.97. The summed E-state index contributed by atoms with van der Waals surface area (Å²) in [6.45, 7) is 0. The van der Waals surface area contributed by atoms with E-state index in [4.69, 9.17) is 4.74 Å². The Balaban J connectivity index is 2.01. The standard InChI is InChI=1S/C9H10O2/c10-7-9-3-8(4-9)1-5(9)6(2-8)11-7/h5-6H,1-4H2. The van der Waals surface area contributed by atoms with Crippen molar-refractivity contribution in [1.82, 2.24) is 0 Å². The van der Waals surface area contributed by atoms with E-state index in [9.17, 15) is 4.79 Å². The molecule has 0 amide bonds. The van der Waals surface area contributed by atoms with Gasteiger partial charge in [0, 0.05) is 5.92 Å². The molecule has 0 aromatic rings. The van der Waals surface area contributed by atoms with Gasteiger partial charge in [0.25, 0.3) is 0 Å². The molecule has 0 aromatic heterocycles. The van der Waals surface area contributed by atoms with Gasteiger partial charge in [-0.1, -0.05) is 0 Å². The molecule has 4 aliphatic carbocycles. The van der Waals surface area contributed by atoms with E-state index in [1.807, 2.05) is 0 Å². The van der Waals surface area contributed by atoms with Crippen LogP contribution in [0.5, 0.6) is 0 Å². The van der Waals surface area contributed by atoms with E-state index < -0.39 is 0 Å². The van der Waals surface area contributed by atoms with Crippen LogP contribution in [0.15, 0.2) is 0 Å². The predicted molar refractivity (Wildman–Crippen MR) is 36.7 cm³/mol. The van der Waals surface area contributed by atoms with E-state index >= 15 is 0 Å². The highest BCUT2D eigenvalue weighted by Gasteiger charge is 2.80. The molecular weight excluding hydrogens is 140 g/mol. The highest BCUT2D eigenvalue weighted by atomic mass is 16.6. The summed E-state index contributed by atoms with van der Waals surface area (Å²) in [6.07, 6.45) is 5.15. The number of hydrogen-bond donors (Lipinski definition) is 0. The minimum Gasteiger partial charge on any atom is -0.462 e. The van der Waals surface area contributed by atoms with Crippen LogP contribution in [0.3, 0.4) is 0 Å². The normalized spacial score (nSPS) is 68.2. The van der Waals surface area contributed by atoms with Crippen LogP contribution in [0, 0.1) is 16.7 Å². The number of hydrogen-bond acceptors (Lipinski definition) is 2. The van der Waals surface area contributed by atoms with Gasteiger partial charge in [0.2, 0.25) is 0 Å². The van der Waals surface area contributed by atoms with Gasteiger partial charge in [-0.2, -0.15) is 0 Å². The number of carbonyl (C=O) groups is 1. The Kier molecular flexibility index (Phi) is 0.493. The molecule has 2 atom stereocenters. The number of esters is 1. The Morgan fingerprint density at radius 2 is 2.18 bits per heavy atom. The van der Waals surface area contributed by atoms with E-state index in [1.54, 1.807) is 0 Å². The van der Waals surface area contributed by atoms with Gasteiger partial charge in [-0.3, -0.25) is 4.79 Å². The Labute approximate surface area is 64.9 Å². The highest BCUT2D eigenvalue weighted by molar-refractivity contribution is 5.83. The van der Waals surface area contributed by atoms with Crippen LogP contribution in [0.25, 0.3) is 0 Å². The van der Waals surface area contributed by atoms with Crippen LogP contribution >= 0.6 is 0 Å². The highest BCUT2D eigenvalue weighted by Crippen LogP contribution is 2.80. The molecule has 5 rings (SSSR count). The van der Waals surface area contributed by atoms with Crippen LogP contribution in [0.4, 0.5) is 0 Å². The maximum absolute atomic E-state index is 11.4. The first-order valence-electron chi connectivity index (χ1n) is 4.45. The molecule has 5 aliphatic rings. The lowest BCUT2D eigenvalue weighted by molar-refractivity contribution is -0.151. The molecule has 3 bridgehead atoms. The van der Waals surface area contributed by atoms with Crippen LogP contribution in [-0.2, 0) is 9.53 Å². The molecule has 1 aliphatic heterocycles. The monoisotopic (exact) mass is 150 g/mol. The summed E-state index contributed by atoms with van der Waals surface area (Å²) in [5.41, 5.74) is 0.643. The molecular formula is C9H10O2. The van der Waals surface area contributed by atoms with Gasteiger partial charge in [-0.25, -0.2) is 0 Å². The third kappa shape index (κ3) is 0.307. The molecule has 2 nitrogen and oxygen atoms in total. The summed E-state index contributed by atoms with van der Waals surface area (Å²) >= 11 is 0. The lowest BCUT2D eigenvalue weighted by atomic mass is 9.54. The molecule has 58 valence electrons. The smallest absolute Gasteiger partial charge is 0.312 e. The third-order valence-corrected chi connectivity index (χ3v) is 4.49. The fourth-order valence-electron chi connectivity index (χ4n) is 4.31. The Hall–Kier alpha value is -0.530. The third-order valence-electron chi connectivity index (χ3n) is 4.49. The molecule has 0 radical (unpaired) electrons. The summed E-state index contributed by atoms with van der Waals surface area (Å²) in [6, 6.07) is 0. The van der Waals surface area contributed by atoms with Gasteiger partial charge in [0.15, 0.2) is 0 Å². The molecule has 0 aromatic carbocycles. The number of rotatable bonds is 0. The summed E-state index contributed by atoms with van der Waals surface area (Å²) in [7, 11) is 0. The van der Waals surface area contributed by atoms with E-state index in [2.05, 4.69) is 0 Å². The molecule has 1 saturated heterocycles. The Morgan fingerprint density at radius 3 is 2.73 bits per heavy atom. The SMILES string of the molecule is O=C1OC2CC34CC2C1(C3)C4. The molecule has 2 heteroatoms. The van der Waals surface area contributed by atoms with Crippen molar-refractivity contribution in [2.75, 3.05) is 0 Å². The molecule has 1 heterocycles. The van der Waals surface area contributed by atoms with Crippen molar-refractivity contribution < 1.29 is 9.53 Å². The lowest BCUT2D eigenvalue weighted by Crippen LogP contribution is -2.45. The maximum Gasteiger partial charge on any atom is 0.312 e. The Morgan fingerprint density at radius 1 is 1.36 bits per heavy atom. The van der Waals surface area contributed by atoms with Crippen LogP contribution in [0.1, 0.15) is 25.7 Å². The largest absolute Gasteiger partial charge is 0.462 e. The van der Waals surface area contributed by atoms with Crippen LogP contribution in [-0.4, -0.2) is 12.1 Å². The molecule has 0 N–H and O–H groups in total. The first-order valence-corrected chi connectivity index (χ1v) is 4.45. The topological polar surface area (TPSA) is 26.3 Å². The zero-order valence-electron chi connectivity index (χ0n) is 6.30. The van der Waals surface area contributed by atoms with Gasteiger partial charge in [0.05, 0.1) is 5.41 Å². The van der Waals surface area contributed by atoms with Crippen LogP contribution in [0.2, 0.25) is 0 Å². The maximum atomic E-state index is 11.4. The first-order chi connectivity index (χ1) is 5.24. The summed E-state index contributed by atoms with van der Waals surface area (Å²) < 4.78 is 5.34. The quantitative estimate of drug-likeness (QED) is 0.483. The average Bonchev–Trinajstić information content (AvgIpc) is 2.44. The van der Waals surface area contributed by atoms with Crippen molar-refractivity contribution in [1.29, 1.82) is 0 Å². The van der Waals surface area contributed by atoms with Crippen molar-refractivity contribution in [3.8, 4) is 0 Å². The molecule has 5 fully saturated rings. The summed E-state index contributed by atoms with van der Waals surface area (Å²) in [4.78, 5) is 11.4. The molecule has 2 unspecified atom stereocenters. The number of ether oxygens (including phenoxy) is 1. The second-order valence-corrected chi connectivity index (χ2v) is 4.97. The molecule has 4 saturated carbocycles. The average molecular weight is 150 g/mol. The fraction of sp³-hybridized carbons (Fsp3) is 0.889. The summed E-state index contributed by atoms with van der Waals surface area (Å²) in [5.74, 6) is 0.771. The minimum atomic E-state index is 0.0584. The van der Waals surface area contributed by atoms with Crippen molar-refractivity contribution in [3.63, 3.8) is 0 Å². The van der Waals surface area contributed by atoms with Gasteiger partial charge < -0.3 is 4.74 Å². The number of carbonyl (C=O) groups excluding carboxylic acids is 1. The van der Waals surface area contributed by atoms with E-state index in [0.717, 1.165) is 0 Å². The van der Waals surface area contributed by atoms with Gasteiger partial charge in [-0.05, 0) is 31.1 Å². The van der Waals surface area contributed by atoms with Gasteiger partial charge >= 0.3 is 5.97 Å². The lowest BCUT2D eigenvalue weighted by Gasteiger charge is -2.46. The zero-order chi connectivity index (χ0) is 7.27. The van der Waals surface area contributed by atoms with Crippen molar-refractivity contribution >= 4 is 5.97 Å². The predicted octanol–water partition coefficient (Wildman–Crippen LogP) is 1.10. The van der Waals surface area contributed by atoms with Crippen molar-refractivity contribution in [2.24, 2.45) is 16.7 Å². The van der Waals surface area contributed by atoms with Gasteiger partial charge in [-0.15, -0.1) is 0 Å². The molecule has 2 spiro atoms. The Bertz CT molecular complexity index is 271. The van der Waals surface area contributed by atoms with Crippen LogP contribution < -0.4 is 0 Å². The van der Waals surface area contributed by atoms with Gasteiger partial charge in [0.1, 0.15) is 6.10 Å². The van der Waals surface area contributed by atoms with Crippen molar-refractivity contribution in [3.05, 3.63) is 0 Å². The van der Waals surface area contributed by atoms with E-state index in [1.165, 1.54) is 25.7 Å². The van der Waals surface area contributed by atoms with E-state index in [0.29, 0.717) is 17.4 Å². The minimum absolute atomic E-state index is 0.0584. The second kappa shape index (κ2) is 1.05. The summed E-state index contributed by atoms with van der Waals surface area (Å²) in [5, 5.41) is 0.